The Morgan fingerprint density at radius 2 is 1.69 bits per heavy atom. The molecule has 0 aromatic heterocycles. The number of phenolic OH excluding ortho intramolecular Hbond substituents is 1. The number of aromatic hydroxyl groups is 1. The molecule has 13 heavy (non-hydrogen) atoms. The monoisotopic (exact) mass is 294 g/mol. The van der Waals surface area contributed by atoms with Crippen molar-refractivity contribution >= 4 is 22.6 Å². The van der Waals surface area contributed by atoms with Crippen LogP contribution in [0.4, 0.5) is 0 Å². The summed E-state index contributed by atoms with van der Waals surface area (Å²) in [5, 5.41) is 9.56. The van der Waals surface area contributed by atoms with Crippen LogP contribution in [0.2, 0.25) is 0 Å². The second kappa shape index (κ2) is 4.55. The van der Waals surface area contributed by atoms with Crippen molar-refractivity contribution in [1.82, 2.24) is 0 Å². The second-order valence-electron chi connectivity index (χ2n) is 2.48. The van der Waals surface area contributed by atoms with E-state index in [1.165, 1.54) is 14.2 Å². The van der Waals surface area contributed by atoms with Crippen LogP contribution < -0.4 is 9.47 Å². The van der Waals surface area contributed by atoms with Gasteiger partial charge in [0.05, 0.1) is 14.2 Å². The molecule has 72 valence electrons. The summed E-state index contributed by atoms with van der Waals surface area (Å²) in [4.78, 5) is 0. The summed E-state index contributed by atoms with van der Waals surface area (Å²) in [6.07, 6.45) is 0. The minimum atomic E-state index is 0.0543. The third-order valence-corrected chi connectivity index (χ3v) is 2.57. The number of hydrogen-bond donors (Lipinski definition) is 1. The van der Waals surface area contributed by atoms with Crippen LogP contribution in [0.25, 0.3) is 0 Å². The lowest BCUT2D eigenvalue weighted by Gasteiger charge is -2.09. The van der Waals surface area contributed by atoms with Gasteiger partial charge in [-0.3, -0.25) is 0 Å². The fraction of sp³-hybridized carbons (Fsp3) is 0.333. The number of halogens is 1. The van der Waals surface area contributed by atoms with E-state index >= 15 is 0 Å². The van der Waals surface area contributed by atoms with Crippen LogP contribution in [-0.2, 0) is 4.43 Å². The van der Waals surface area contributed by atoms with E-state index in [0.29, 0.717) is 11.5 Å². The molecule has 0 bridgehead atoms. The molecule has 0 atom stereocenters. The summed E-state index contributed by atoms with van der Waals surface area (Å²) in [5.41, 5.74) is 1.06. The van der Waals surface area contributed by atoms with Crippen molar-refractivity contribution in [1.29, 1.82) is 0 Å². The second-order valence-corrected chi connectivity index (χ2v) is 3.25. The van der Waals surface area contributed by atoms with Gasteiger partial charge in [0.1, 0.15) is 0 Å². The van der Waals surface area contributed by atoms with E-state index in [1.54, 1.807) is 12.1 Å². The predicted octanol–water partition coefficient (Wildman–Crippen LogP) is 2.34. The van der Waals surface area contributed by atoms with Gasteiger partial charge < -0.3 is 14.6 Å². The normalized spacial score (nSPS) is 9.77. The van der Waals surface area contributed by atoms with Crippen LogP contribution in [0.15, 0.2) is 12.1 Å². The topological polar surface area (TPSA) is 38.7 Å². The summed E-state index contributed by atoms with van der Waals surface area (Å²) < 4.78 is 10.8. The standard InChI is InChI=1S/C9H11IO3/c1-12-7-3-6(5-10)4-8(13-2)9(7)11/h3-4,11H,5H2,1-2H3. The van der Waals surface area contributed by atoms with Gasteiger partial charge in [0.25, 0.3) is 0 Å². The largest absolute Gasteiger partial charge is 0.502 e. The van der Waals surface area contributed by atoms with Crippen LogP contribution in [0.1, 0.15) is 5.56 Å². The lowest BCUT2D eigenvalue weighted by Crippen LogP contribution is -1.90. The Labute approximate surface area is 90.8 Å². The summed E-state index contributed by atoms with van der Waals surface area (Å²) in [6, 6.07) is 3.59. The Hall–Kier alpha value is -0.650. The van der Waals surface area contributed by atoms with Crippen molar-refractivity contribution in [3.63, 3.8) is 0 Å². The van der Waals surface area contributed by atoms with E-state index < -0.39 is 0 Å². The van der Waals surface area contributed by atoms with Crippen molar-refractivity contribution < 1.29 is 14.6 Å². The van der Waals surface area contributed by atoms with Gasteiger partial charge in [-0.25, -0.2) is 0 Å². The van der Waals surface area contributed by atoms with Gasteiger partial charge in [-0.1, -0.05) is 22.6 Å². The van der Waals surface area contributed by atoms with Crippen molar-refractivity contribution in [3.05, 3.63) is 17.7 Å². The highest BCUT2D eigenvalue weighted by Gasteiger charge is 2.09. The fourth-order valence-electron chi connectivity index (χ4n) is 1.02. The quantitative estimate of drug-likeness (QED) is 0.687. The first-order chi connectivity index (χ1) is 6.22. The van der Waals surface area contributed by atoms with Crippen LogP contribution >= 0.6 is 22.6 Å². The molecule has 0 fully saturated rings. The zero-order valence-corrected chi connectivity index (χ0v) is 9.66. The average molecular weight is 294 g/mol. The summed E-state index contributed by atoms with van der Waals surface area (Å²) in [6.45, 7) is 0. The Balaban J connectivity index is 3.20. The first-order valence-electron chi connectivity index (χ1n) is 3.72. The number of phenols is 1. The molecule has 3 nitrogen and oxygen atoms in total. The highest BCUT2D eigenvalue weighted by molar-refractivity contribution is 14.1. The Kier molecular flexibility index (Phi) is 3.65. The van der Waals surface area contributed by atoms with E-state index in [0.717, 1.165) is 9.99 Å². The molecule has 0 aliphatic carbocycles. The van der Waals surface area contributed by atoms with Gasteiger partial charge in [-0.05, 0) is 17.7 Å². The summed E-state index contributed by atoms with van der Waals surface area (Å²) >= 11 is 2.24. The number of alkyl halides is 1. The maximum atomic E-state index is 9.56. The lowest BCUT2D eigenvalue weighted by molar-refractivity contribution is 0.339. The maximum Gasteiger partial charge on any atom is 0.200 e. The van der Waals surface area contributed by atoms with Crippen molar-refractivity contribution in [2.45, 2.75) is 4.43 Å². The molecule has 0 amide bonds. The van der Waals surface area contributed by atoms with E-state index in [4.69, 9.17) is 9.47 Å². The van der Waals surface area contributed by atoms with Gasteiger partial charge in [-0.15, -0.1) is 0 Å². The van der Waals surface area contributed by atoms with Crippen molar-refractivity contribution in [2.75, 3.05) is 14.2 Å². The Morgan fingerprint density at radius 1 is 1.23 bits per heavy atom. The Bertz CT molecular complexity index is 274. The molecule has 4 heteroatoms. The van der Waals surface area contributed by atoms with Crippen LogP contribution in [-0.4, -0.2) is 19.3 Å². The number of rotatable bonds is 3. The van der Waals surface area contributed by atoms with Crippen molar-refractivity contribution in [3.8, 4) is 17.2 Å². The first kappa shape index (κ1) is 10.4. The van der Waals surface area contributed by atoms with Gasteiger partial charge in [0.15, 0.2) is 11.5 Å². The Morgan fingerprint density at radius 3 is 2.00 bits per heavy atom. The van der Waals surface area contributed by atoms with Gasteiger partial charge >= 0.3 is 0 Å². The number of benzene rings is 1. The first-order valence-corrected chi connectivity index (χ1v) is 5.25. The molecule has 0 saturated heterocycles. The molecule has 0 saturated carbocycles. The molecular formula is C9H11IO3. The fourth-order valence-corrected chi connectivity index (χ4v) is 1.47. The van der Waals surface area contributed by atoms with E-state index in [1.807, 2.05) is 0 Å². The zero-order chi connectivity index (χ0) is 9.84. The van der Waals surface area contributed by atoms with Gasteiger partial charge in [0, 0.05) is 4.43 Å². The number of hydrogen-bond acceptors (Lipinski definition) is 3. The van der Waals surface area contributed by atoms with Crippen molar-refractivity contribution in [2.24, 2.45) is 0 Å². The molecule has 1 N–H and O–H groups in total. The third-order valence-electron chi connectivity index (χ3n) is 1.69. The van der Waals surface area contributed by atoms with Crippen LogP contribution in [0, 0.1) is 0 Å². The molecule has 0 aliphatic rings. The lowest BCUT2D eigenvalue weighted by atomic mass is 10.2. The van der Waals surface area contributed by atoms with Gasteiger partial charge in [-0.2, -0.15) is 0 Å². The highest BCUT2D eigenvalue weighted by atomic mass is 127. The van der Waals surface area contributed by atoms with Crippen LogP contribution in [0.5, 0.6) is 17.2 Å². The molecular weight excluding hydrogens is 283 g/mol. The third kappa shape index (κ3) is 2.18. The molecule has 0 spiro atoms. The molecule has 1 rings (SSSR count). The molecule has 0 unspecified atom stereocenters. The SMILES string of the molecule is COc1cc(CI)cc(OC)c1O. The maximum absolute atomic E-state index is 9.56. The molecule has 1 aromatic rings. The van der Waals surface area contributed by atoms with Gasteiger partial charge in [0.2, 0.25) is 5.75 Å². The van der Waals surface area contributed by atoms with E-state index in [-0.39, 0.29) is 5.75 Å². The number of methoxy groups -OCH3 is 2. The predicted molar refractivity (Wildman–Crippen MR) is 58.9 cm³/mol. The molecule has 0 radical (unpaired) electrons. The summed E-state index contributed by atoms with van der Waals surface area (Å²) in [5.74, 6) is 0.954. The minimum Gasteiger partial charge on any atom is -0.502 e. The molecule has 0 heterocycles. The molecule has 0 aliphatic heterocycles. The van der Waals surface area contributed by atoms with Crippen LogP contribution in [0.3, 0.4) is 0 Å². The highest BCUT2D eigenvalue weighted by Crippen LogP contribution is 2.37. The average Bonchev–Trinajstić information content (AvgIpc) is 2.18. The summed E-state index contributed by atoms with van der Waals surface area (Å²) in [7, 11) is 3.04. The zero-order valence-electron chi connectivity index (χ0n) is 7.50. The minimum absolute atomic E-state index is 0.0543. The molecule has 1 aromatic carbocycles. The smallest absolute Gasteiger partial charge is 0.200 e. The van der Waals surface area contributed by atoms with E-state index in [2.05, 4.69) is 22.6 Å². The number of ether oxygens (including phenoxy) is 2. The van der Waals surface area contributed by atoms with E-state index in [9.17, 15) is 5.11 Å².